The van der Waals surface area contributed by atoms with Gasteiger partial charge in [-0.3, -0.25) is 0 Å². The second-order valence-corrected chi connectivity index (χ2v) is 4.94. The van der Waals surface area contributed by atoms with E-state index in [0.717, 1.165) is 24.4 Å². The average Bonchev–Trinajstić information content (AvgIpc) is 2.43. The number of anilines is 1. The Hall–Kier alpha value is -1.38. The van der Waals surface area contributed by atoms with E-state index in [0.29, 0.717) is 10.0 Å². The van der Waals surface area contributed by atoms with Gasteiger partial charge in [0.25, 0.3) is 0 Å². The largest absolute Gasteiger partial charge is 0.497 e. The minimum Gasteiger partial charge on any atom is -0.497 e. The third kappa shape index (κ3) is 3.79. The van der Waals surface area contributed by atoms with Crippen molar-refractivity contribution in [2.45, 2.75) is 6.42 Å². The second kappa shape index (κ2) is 6.69. The number of para-hydroxylation sites is 1. The Morgan fingerprint density at radius 3 is 2.21 bits per heavy atom. The quantitative estimate of drug-likeness (QED) is 0.866. The molecule has 0 aliphatic heterocycles. The highest BCUT2D eigenvalue weighted by Crippen LogP contribution is 2.29. The summed E-state index contributed by atoms with van der Waals surface area (Å²) < 4.78 is 5.12. The molecule has 2 aromatic rings. The van der Waals surface area contributed by atoms with Crippen LogP contribution < -0.4 is 10.1 Å². The Labute approximate surface area is 123 Å². The number of ether oxygens (including phenoxy) is 1. The number of halogens is 2. The highest BCUT2D eigenvalue weighted by atomic mass is 35.5. The van der Waals surface area contributed by atoms with Gasteiger partial charge >= 0.3 is 0 Å². The summed E-state index contributed by atoms with van der Waals surface area (Å²) in [7, 11) is 1.66. The first-order valence-electron chi connectivity index (χ1n) is 6.01. The lowest BCUT2D eigenvalue weighted by atomic mass is 10.1. The smallest absolute Gasteiger partial charge is 0.118 e. The summed E-state index contributed by atoms with van der Waals surface area (Å²) in [6, 6.07) is 13.5. The minimum absolute atomic E-state index is 0.641. The molecule has 0 aliphatic rings. The van der Waals surface area contributed by atoms with E-state index in [1.807, 2.05) is 30.3 Å². The standard InChI is InChI=1S/C15H15Cl2NO/c1-19-12-7-5-11(6-8-12)9-10-18-15-13(16)3-2-4-14(15)17/h2-8,18H,9-10H2,1H3. The molecular formula is C15H15Cl2NO. The summed E-state index contributed by atoms with van der Waals surface area (Å²) in [4.78, 5) is 0. The summed E-state index contributed by atoms with van der Waals surface area (Å²) in [5.41, 5.74) is 2.02. The van der Waals surface area contributed by atoms with Crippen LogP contribution in [-0.2, 0) is 6.42 Å². The number of hydrogen-bond acceptors (Lipinski definition) is 2. The minimum atomic E-state index is 0.641. The van der Waals surface area contributed by atoms with Crippen molar-refractivity contribution in [2.75, 3.05) is 19.0 Å². The molecule has 0 spiro atoms. The third-order valence-corrected chi connectivity index (χ3v) is 3.47. The van der Waals surface area contributed by atoms with Crippen LogP contribution in [0.2, 0.25) is 10.0 Å². The Morgan fingerprint density at radius 1 is 1.00 bits per heavy atom. The number of methoxy groups -OCH3 is 1. The highest BCUT2D eigenvalue weighted by molar-refractivity contribution is 6.39. The van der Waals surface area contributed by atoms with E-state index >= 15 is 0 Å². The number of rotatable bonds is 5. The zero-order valence-electron chi connectivity index (χ0n) is 10.6. The van der Waals surface area contributed by atoms with Crippen LogP contribution in [-0.4, -0.2) is 13.7 Å². The molecule has 0 saturated carbocycles. The van der Waals surface area contributed by atoms with Gasteiger partial charge in [-0.05, 0) is 36.2 Å². The fourth-order valence-electron chi connectivity index (χ4n) is 1.79. The van der Waals surface area contributed by atoms with Crippen molar-refractivity contribution in [1.82, 2.24) is 0 Å². The van der Waals surface area contributed by atoms with Crippen LogP contribution in [0.15, 0.2) is 42.5 Å². The third-order valence-electron chi connectivity index (χ3n) is 2.84. The van der Waals surface area contributed by atoms with Crippen molar-refractivity contribution in [3.05, 3.63) is 58.1 Å². The lowest BCUT2D eigenvalue weighted by molar-refractivity contribution is 0.414. The monoisotopic (exact) mass is 295 g/mol. The van der Waals surface area contributed by atoms with E-state index in [1.54, 1.807) is 7.11 Å². The molecule has 2 nitrogen and oxygen atoms in total. The van der Waals surface area contributed by atoms with Crippen molar-refractivity contribution in [1.29, 1.82) is 0 Å². The van der Waals surface area contributed by atoms with Crippen LogP contribution in [0.4, 0.5) is 5.69 Å². The van der Waals surface area contributed by atoms with Gasteiger partial charge in [0.1, 0.15) is 5.75 Å². The molecular weight excluding hydrogens is 281 g/mol. The molecule has 0 heterocycles. The Bertz CT molecular complexity index is 520. The molecule has 0 aromatic heterocycles. The zero-order valence-corrected chi connectivity index (χ0v) is 12.1. The summed E-state index contributed by atoms with van der Waals surface area (Å²) >= 11 is 12.2. The van der Waals surface area contributed by atoms with Gasteiger partial charge in [-0.15, -0.1) is 0 Å². The number of nitrogens with one attached hydrogen (secondary N) is 1. The zero-order chi connectivity index (χ0) is 13.7. The first kappa shape index (κ1) is 14.0. The molecule has 19 heavy (non-hydrogen) atoms. The summed E-state index contributed by atoms with van der Waals surface area (Å²) in [5.74, 6) is 0.867. The molecule has 2 aromatic carbocycles. The first-order chi connectivity index (χ1) is 9.20. The molecule has 4 heteroatoms. The lowest BCUT2D eigenvalue weighted by Gasteiger charge is -2.10. The van der Waals surface area contributed by atoms with Crippen molar-refractivity contribution < 1.29 is 4.74 Å². The van der Waals surface area contributed by atoms with Gasteiger partial charge in [0.05, 0.1) is 22.8 Å². The lowest BCUT2D eigenvalue weighted by Crippen LogP contribution is -2.05. The van der Waals surface area contributed by atoms with Crippen LogP contribution in [0.3, 0.4) is 0 Å². The van der Waals surface area contributed by atoms with E-state index in [4.69, 9.17) is 27.9 Å². The molecule has 0 atom stereocenters. The van der Waals surface area contributed by atoms with Gasteiger partial charge in [0.15, 0.2) is 0 Å². The molecule has 1 N–H and O–H groups in total. The molecule has 0 radical (unpaired) electrons. The fourth-order valence-corrected chi connectivity index (χ4v) is 2.32. The fraction of sp³-hybridized carbons (Fsp3) is 0.200. The van der Waals surface area contributed by atoms with Crippen molar-refractivity contribution in [3.8, 4) is 5.75 Å². The number of benzene rings is 2. The molecule has 0 unspecified atom stereocenters. The Kier molecular flexibility index (Phi) is 4.94. The highest BCUT2D eigenvalue weighted by Gasteiger charge is 2.04. The Balaban J connectivity index is 1.92. The SMILES string of the molecule is COc1ccc(CCNc2c(Cl)cccc2Cl)cc1. The number of hydrogen-bond donors (Lipinski definition) is 1. The van der Waals surface area contributed by atoms with E-state index in [1.165, 1.54) is 5.56 Å². The maximum absolute atomic E-state index is 6.09. The van der Waals surface area contributed by atoms with Gasteiger partial charge in [0.2, 0.25) is 0 Å². The maximum atomic E-state index is 6.09. The van der Waals surface area contributed by atoms with Crippen LogP contribution in [0.5, 0.6) is 5.75 Å². The van der Waals surface area contributed by atoms with E-state index in [-0.39, 0.29) is 0 Å². The normalized spacial score (nSPS) is 10.3. The Morgan fingerprint density at radius 2 is 1.63 bits per heavy atom. The van der Waals surface area contributed by atoms with Crippen molar-refractivity contribution in [3.63, 3.8) is 0 Å². The van der Waals surface area contributed by atoms with E-state index in [9.17, 15) is 0 Å². The topological polar surface area (TPSA) is 21.3 Å². The first-order valence-corrected chi connectivity index (χ1v) is 6.77. The molecule has 0 saturated heterocycles. The van der Waals surface area contributed by atoms with Crippen molar-refractivity contribution in [2.24, 2.45) is 0 Å². The predicted molar refractivity (Wildman–Crippen MR) is 81.6 cm³/mol. The maximum Gasteiger partial charge on any atom is 0.118 e. The molecule has 0 fully saturated rings. The van der Waals surface area contributed by atoms with E-state index < -0.39 is 0 Å². The molecule has 0 bridgehead atoms. The van der Waals surface area contributed by atoms with Gasteiger partial charge in [-0.1, -0.05) is 41.4 Å². The van der Waals surface area contributed by atoms with Gasteiger partial charge in [-0.25, -0.2) is 0 Å². The summed E-state index contributed by atoms with van der Waals surface area (Å²) in [6.07, 6.45) is 0.894. The summed E-state index contributed by atoms with van der Waals surface area (Å²) in [6.45, 7) is 0.774. The van der Waals surface area contributed by atoms with Crippen LogP contribution in [0.25, 0.3) is 0 Å². The van der Waals surface area contributed by atoms with Crippen LogP contribution in [0.1, 0.15) is 5.56 Å². The molecule has 100 valence electrons. The summed E-state index contributed by atoms with van der Waals surface area (Å²) in [5, 5.41) is 4.55. The van der Waals surface area contributed by atoms with Gasteiger partial charge in [0, 0.05) is 6.54 Å². The van der Waals surface area contributed by atoms with Crippen molar-refractivity contribution >= 4 is 28.9 Å². The molecule has 2 rings (SSSR count). The van der Waals surface area contributed by atoms with Gasteiger partial charge in [-0.2, -0.15) is 0 Å². The average molecular weight is 296 g/mol. The van der Waals surface area contributed by atoms with E-state index in [2.05, 4.69) is 17.4 Å². The predicted octanol–water partition coefficient (Wildman–Crippen LogP) is 4.66. The second-order valence-electron chi connectivity index (χ2n) is 4.12. The van der Waals surface area contributed by atoms with Crippen LogP contribution in [0, 0.1) is 0 Å². The molecule has 0 aliphatic carbocycles. The molecule has 0 amide bonds. The van der Waals surface area contributed by atoms with Crippen LogP contribution >= 0.6 is 23.2 Å². The van der Waals surface area contributed by atoms with Gasteiger partial charge < -0.3 is 10.1 Å².